The number of aryl methyl sites for hydroxylation is 2. The Kier molecular flexibility index (Phi) is 3.42. The van der Waals surface area contributed by atoms with Crippen LogP contribution in [0.15, 0.2) is 0 Å². The average molecular weight is 252 g/mol. The first kappa shape index (κ1) is 12.7. The first-order chi connectivity index (χ1) is 8.52. The lowest BCUT2D eigenvalue weighted by atomic mass is 10.2. The van der Waals surface area contributed by atoms with Crippen molar-refractivity contribution in [2.75, 3.05) is 18.6 Å². The Labute approximate surface area is 105 Å². The summed E-state index contributed by atoms with van der Waals surface area (Å²) in [4.78, 5) is 17.1. The number of nitrogens with zero attached hydrogens (tertiary/aromatic N) is 4. The molecule has 1 N–H and O–H groups in total. The monoisotopic (exact) mass is 252 g/mol. The summed E-state index contributed by atoms with van der Waals surface area (Å²) in [6, 6.07) is -0.654. The molecule has 0 bridgehead atoms. The number of hydrogen-bond acceptors (Lipinski definition) is 6. The van der Waals surface area contributed by atoms with Gasteiger partial charge in [-0.3, -0.25) is 0 Å². The molecule has 0 spiro atoms. The van der Waals surface area contributed by atoms with Crippen LogP contribution in [0.2, 0.25) is 0 Å². The van der Waals surface area contributed by atoms with Crippen molar-refractivity contribution in [1.82, 2.24) is 15.2 Å². The van der Waals surface area contributed by atoms with Crippen LogP contribution in [0.1, 0.15) is 17.8 Å². The molecule has 1 fully saturated rings. The molecule has 2 heterocycles. The van der Waals surface area contributed by atoms with E-state index in [0.29, 0.717) is 18.9 Å². The molecule has 2 rings (SSSR count). The van der Waals surface area contributed by atoms with E-state index < -0.39 is 12.0 Å². The van der Waals surface area contributed by atoms with Crippen LogP contribution in [-0.4, -0.2) is 52.1 Å². The molecule has 18 heavy (non-hydrogen) atoms. The van der Waals surface area contributed by atoms with Crippen LogP contribution in [0.5, 0.6) is 0 Å². The van der Waals surface area contributed by atoms with Crippen LogP contribution in [0.25, 0.3) is 0 Å². The van der Waals surface area contributed by atoms with Crippen LogP contribution < -0.4 is 4.90 Å². The molecular formula is C11H16N4O3. The van der Waals surface area contributed by atoms with Crippen molar-refractivity contribution in [2.24, 2.45) is 0 Å². The number of carboxylic acid groups (broad SMARTS) is 1. The number of ether oxygens (including phenoxy) is 1. The molecule has 1 aromatic rings. The maximum Gasteiger partial charge on any atom is 0.326 e. The predicted molar refractivity (Wildman–Crippen MR) is 63.5 cm³/mol. The van der Waals surface area contributed by atoms with Gasteiger partial charge in [0.25, 0.3) is 0 Å². The quantitative estimate of drug-likeness (QED) is 0.820. The maximum absolute atomic E-state index is 11.2. The molecule has 2 unspecified atom stereocenters. The number of rotatable bonds is 3. The molecular weight excluding hydrogens is 236 g/mol. The Bertz CT molecular complexity index is 466. The topological polar surface area (TPSA) is 88.4 Å². The summed E-state index contributed by atoms with van der Waals surface area (Å²) >= 11 is 0. The highest BCUT2D eigenvalue weighted by Gasteiger charge is 2.38. The largest absolute Gasteiger partial charge is 0.480 e. The molecule has 1 aliphatic rings. The summed E-state index contributed by atoms with van der Waals surface area (Å²) < 4.78 is 5.22. The zero-order chi connectivity index (χ0) is 13.3. The van der Waals surface area contributed by atoms with Gasteiger partial charge in [-0.1, -0.05) is 0 Å². The van der Waals surface area contributed by atoms with Crippen molar-refractivity contribution in [1.29, 1.82) is 0 Å². The Morgan fingerprint density at radius 2 is 2.11 bits per heavy atom. The minimum atomic E-state index is -0.892. The third-order valence-corrected chi connectivity index (χ3v) is 3.22. The molecule has 2 atom stereocenters. The molecule has 0 aromatic carbocycles. The van der Waals surface area contributed by atoms with E-state index in [0.717, 1.165) is 11.4 Å². The second kappa shape index (κ2) is 4.85. The summed E-state index contributed by atoms with van der Waals surface area (Å²) in [6.07, 6.45) is 0.318. The minimum Gasteiger partial charge on any atom is -0.480 e. The normalized spacial score (nSPS) is 23.4. The number of anilines is 1. The van der Waals surface area contributed by atoms with E-state index in [1.807, 2.05) is 13.8 Å². The molecule has 7 nitrogen and oxygen atoms in total. The molecule has 0 aliphatic carbocycles. The molecule has 1 aromatic heterocycles. The van der Waals surface area contributed by atoms with Gasteiger partial charge >= 0.3 is 5.97 Å². The van der Waals surface area contributed by atoms with Crippen molar-refractivity contribution in [3.05, 3.63) is 11.4 Å². The fraction of sp³-hybridized carbons (Fsp3) is 0.636. The zero-order valence-corrected chi connectivity index (χ0v) is 10.6. The van der Waals surface area contributed by atoms with Gasteiger partial charge in [0.1, 0.15) is 6.04 Å². The van der Waals surface area contributed by atoms with E-state index in [1.165, 1.54) is 0 Å². The van der Waals surface area contributed by atoms with Crippen LogP contribution >= 0.6 is 0 Å². The molecule has 1 aliphatic heterocycles. The van der Waals surface area contributed by atoms with Crippen molar-refractivity contribution >= 4 is 11.9 Å². The second-order valence-electron chi connectivity index (χ2n) is 4.38. The number of aliphatic carboxylic acids is 1. The Hall–Kier alpha value is -1.76. The number of methoxy groups -OCH3 is 1. The van der Waals surface area contributed by atoms with Crippen LogP contribution in [-0.2, 0) is 9.53 Å². The number of hydrogen-bond donors (Lipinski definition) is 1. The summed E-state index contributed by atoms with van der Waals surface area (Å²) in [7, 11) is 1.58. The van der Waals surface area contributed by atoms with Gasteiger partial charge in [0.05, 0.1) is 17.5 Å². The number of carbonyl (C=O) groups is 1. The van der Waals surface area contributed by atoms with E-state index in [1.54, 1.807) is 12.0 Å². The van der Waals surface area contributed by atoms with Gasteiger partial charge in [0.2, 0.25) is 5.95 Å². The fourth-order valence-corrected chi connectivity index (χ4v) is 1.99. The third-order valence-electron chi connectivity index (χ3n) is 3.22. The van der Waals surface area contributed by atoms with Gasteiger partial charge in [-0.15, -0.1) is 5.10 Å². The van der Waals surface area contributed by atoms with E-state index >= 15 is 0 Å². The summed E-state index contributed by atoms with van der Waals surface area (Å²) in [5.74, 6) is -0.540. The highest BCUT2D eigenvalue weighted by Crippen LogP contribution is 2.24. The van der Waals surface area contributed by atoms with Gasteiger partial charge in [-0.2, -0.15) is 5.10 Å². The van der Waals surface area contributed by atoms with Gasteiger partial charge in [0.15, 0.2) is 0 Å². The lowest BCUT2D eigenvalue weighted by molar-refractivity contribution is -0.138. The first-order valence-corrected chi connectivity index (χ1v) is 5.73. The molecule has 0 amide bonds. The maximum atomic E-state index is 11.2. The lowest BCUT2D eigenvalue weighted by Crippen LogP contribution is -2.37. The fourth-order valence-electron chi connectivity index (χ4n) is 1.99. The summed E-state index contributed by atoms with van der Waals surface area (Å²) in [6.45, 7) is 4.11. The molecule has 7 heteroatoms. The highest BCUT2D eigenvalue weighted by atomic mass is 16.5. The Morgan fingerprint density at radius 1 is 1.39 bits per heavy atom. The minimum absolute atomic E-state index is 0.115. The smallest absolute Gasteiger partial charge is 0.326 e. The van der Waals surface area contributed by atoms with Gasteiger partial charge in [-0.25, -0.2) is 9.78 Å². The lowest BCUT2D eigenvalue weighted by Gasteiger charge is -2.20. The van der Waals surface area contributed by atoms with Crippen molar-refractivity contribution in [2.45, 2.75) is 32.4 Å². The van der Waals surface area contributed by atoms with Gasteiger partial charge < -0.3 is 14.7 Å². The molecule has 1 saturated heterocycles. The van der Waals surface area contributed by atoms with E-state index in [-0.39, 0.29) is 6.10 Å². The van der Waals surface area contributed by atoms with Crippen molar-refractivity contribution in [3.8, 4) is 0 Å². The number of carboxylic acids is 1. The first-order valence-electron chi connectivity index (χ1n) is 5.73. The Morgan fingerprint density at radius 3 is 2.67 bits per heavy atom. The van der Waals surface area contributed by atoms with Crippen molar-refractivity contribution < 1.29 is 14.6 Å². The summed E-state index contributed by atoms with van der Waals surface area (Å²) in [5.41, 5.74) is 1.50. The van der Waals surface area contributed by atoms with Crippen LogP contribution in [0, 0.1) is 13.8 Å². The number of aromatic nitrogens is 3. The van der Waals surface area contributed by atoms with Crippen LogP contribution in [0.3, 0.4) is 0 Å². The van der Waals surface area contributed by atoms with Crippen molar-refractivity contribution in [3.63, 3.8) is 0 Å². The van der Waals surface area contributed by atoms with E-state index in [4.69, 9.17) is 4.74 Å². The summed E-state index contributed by atoms with van der Waals surface area (Å²) in [5, 5.41) is 17.2. The zero-order valence-electron chi connectivity index (χ0n) is 10.6. The second-order valence-corrected chi connectivity index (χ2v) is 4.38. The van der Waals surface area contributed by atoms with Crippen LogP contribution in [0.4, 0.5) is 5.95 Å². The third kappa shape index (κ3) is 2.26. The van der Waals surface area contributed by atoms with Gasteiger partial charge in [0, 0.05) is 20.1 Å². The molecule has 0 saturated carbocycles. The SMILES string of the molecule is COC1CC(C(=O)O)N(c2nnc(C)c(C)n2)C1. The molecule has 0 radical (unpaired) electrons. The highest BCUT2D eigenvalue weighted by molar-refractivity contribution is 5.78. The van der Waals surface area contributed by atoms with Gasteiger partial charge in [-0.05, 0) is 13.8 Å². The van der Waals surface area contributed by atoms with E-state index in [9.17, 15) is 9.90 Å². The average Bonchev–Trinajstić information content (AvgIpc) is 2.77. The van der Waals surface area contributed by atoms with E-state index in [2.05, 4.69) is 15.2 Å². The predicted octanol–water partition coefficient (Wildman–Crippen LogP) is 0.167. The standard InChI is InChI=1S/C11H16N4O3/c1-6-7(2)13-14-11(12-6)15-5-8(18-3)4-9(15)10(16)17/h8-9H,4-5H2,1-3H3,(H,16,17). The molecule has 98 valence electrons. The Balaban J connectivity index is 2.29.